The second-order valence-corrected chi connectivity index (χ2v) is 5.10. The summed E-state index contributed by atoms with van der Waals surface area (Å²) >= 11 is 0. The third-order valence-corrected chi connectivity index (χ3v) is 2.68. The molecule has 0 unspecified atom stereocenters. The van der Waals surface area contributed by atoms with Gasteiger partial charge in [0.2, 0.25) is 0 Å². The van der Waals surface area contributed by atoms with E-state index in [0.29, 0.717) is 12.5 Å². The quantitative estimate of drug-likeness (QED) is 0.862. The van der Waals surface area contributed by atoms with Crippen molar-refractivity contribution in [3.05, 3.63) is 11.9 Å². The van der Waals surface area contributed by atoms with Crippen LogP contribution in [0.4, 0.5) is 0 Å². The summed E-state index contributed by atoms with van der Waals surface area (Å²) in [7, 11) is 0. The van der Waals surface area contributed by atoms with Gasteiger partial charge in [0.05, 0.1) is 11.9 Å². The lowest BCUT2D eigenvalue weighted by Gasteiger charge is -2.19. The first-order valence-electron chi connectivity index (χ1n) is 7.10. The first kappa shape index (κ1) is 17.8. The number of Topliss-reactive ketones (excluding diaryl/α,β-unsaturated/α-hetero) is 1. The Morgan fingerprint density at radius 2 is 1.95 bits per heavy atom. The van der Waals surface area contributed by atoms with Crippen LogP contribution < -0.4 is 5.73 Å². The van der Waals surface area contributed by atoms with E-state index < -0.39 is 0 Å². The summed E-state index contributed by atoms with van der Waals surface area (Å²) in [5, 5.41) is 7.95. The van der Waals surface area contributed by atoms with E-state index in [1.165, 1.54) is 0 Å². The maximum atomic E-state index is 12.2. The van der Waals surface area contributed by atoms with Crippen molar-refractivity contribution in [2.75, 3.05) is 0 Å². The fraction of sp³-hybridized carbons (Fsp3) is 0.786. The normalized spacial score (nSPS) is 12.3. The zero-order valence-corrected chi connectivity index (χ0v) is 13.1. The van der Waals surface area contributed by atoms with Crippen molar-refractivity contribution in [2.24, 2.45) is 17.6 Å². The van der Waals surface area contributed by atoms with E-state index in [2.05, 4.69) is 24.2 Å². The van der Waals surface area contributed by atoms with Crippen molar-refractivity contribution in [3.8, 4) is 0 Å². The monoisotopic (exact) mass is 270 g/mol. The smallest absolute Gasteiger partial charge is 0.159 e. The van der Waals surface area contributed by atoms with Gasteiger partial charge in [-0.2, -0.15) is 0 Å². The zero-order valence-electron chi connectivity index (χ0n) is 13.1. The van der Waals surface area contributed by atoms with Gasteiger partial charge < -0.3 is 5.73 Å². The Kier molecular flexibility index (Phi) is 8.23. The zero-order chi connectivity index (χ0) is 15.0. The van der Waals surface area contributed by atoms with Crippen LogP contribution in [0, 0.1) is 11.8 Å². The number of hydrogen-bond acceptors (Lipinski definition) is 4. The Bertz CT molecular complexity index is 377. The molecule has 0 aliphatic carbocycles. The van der Waals surface area contributed by atoms with Crippen LogP contribution in [0.2, 0.25) is 0 Å². The van der Waals surface area contributed by atoms with Crippen LogP contribution in [0.3, 0.4) is 0 Å². The van der Waals surface area contributed by atoms with E-state index in [9.17, 15) is 4.79 Å². The van der Waals surface area contributed by atoms with E-state index in [1.54, 1.807) is 10.9 Å². The van der Waals surface area contributed by atoms with Gasteiger partial charge in [-0.1, -0.05) is 46.8 Å². The second kappa shape index (κ2) is 8.80. The average Bonchev–Trinajstić information content (AvgIpc) is 2.85. The topological polar surface area (TPSA) is 73.8 Å². The number of nitrogens with two attached hydrogens (primary N) is 1. The summed E-state index contributed by atoms with van der Waals surface area (Å²) in [6.45, 7) is 12.4. The lowest BCUT2D eigenvalue weighted by molar-refractivity contribution is -0.126. The van der Waals surface area contributed by atoms with Crippen LogP contribution >= 0.6 is 0 Å². The van der Waals surface area contributed by atoms with Crippen molar-refractivity contribution < 1.29 is 6.22 Å². The molecule has 0 aromatic carbocycles. The van der Waals surface area contributed by atoms with Crippen LogP contribution in [-0.2, 0) is 11.3 Å². The molecule has 2 N–H and O–H groups in total. The van der Waals surface area contributed by atoms with Gasteiger partial charge in [-0.3, -0.25) is 4.79 Å². The number of hydrogen-bond donors (Lipinski definition) is 1. The molecule has 0 fully saturated rings. The summed E-state index contributed by atoms with van der Waals surface area (Å²) in [6, 6.07) is -0.220. The van der Waals surface area contributed by atoms with E-state index in [-0.39, 0.29) is 19.2 Å². The third kappa shape index (κ3) is 5.51. The number of aromatic nitrogens is 3. The summed E-state index contributed by atoms with van der Waals surface area (Å²) in [6.07, 6.45) is 2.55. The van der Waals surface area contributed by atoms with Crippen molar-refractivity contribution in [2.45, 2.75) is 60.5 Å². The minimum atomic E-state index is -0.220. The van der Waals surface area contributed by atoms with Gasteiger partial charge in [-0.05, 0) is 12.3 Å². The number of carbonyl (C=O) groups excluding carboxylic acids is 1. The van der Waals surface area contributed by atoms with E-state index in [1.807, 2.05) is 27.7 Å². The number of ketones is 1. The molecule has 1 atom stereocenters. The average molecular weight is 270 g/mol. The predicted molar refractivity (Wildman–Crippen MR) is 79.7 cm³/mol. The lowest BCUT2D eigenvalue weighted by atomic mass is 9.94. The fourth-order valence-corrected chi connectivity index (χ4v) is 1.75. The molecule has 1 heterocycles. The Morgan fingerprint density at radius 1 is 1.37 bits per heavy atom. The molecule has 0 aliphatic heterocycles. The second-order valence-electron chi connectivity index (χ2n) is 5.10. The highest BCUT2D eigenvalue weighted by molar-refractivity contribution is 5.84. The molecular formula is C14H30N4O. The lowest BCUT2D eigenvalue weighted by Crippen LogP contribution is -2.25. The molecule has 5 heteroatoms. The maximum Gasteiger partial charge on any atom is 0.159 e. The number of nitrogens with zero attached hydrogens (tertiary/aromatic N) is 3. The van der Waals surface area contributed by atoms with Crippen molar-refractivity contribution in [3.63, 3.8) is 0 Å². The fourth-order valence-electron chi connectivity index (χ4n) is 1.75. The summed E-state index contributed by atoms with van der Waals surface area (Å²) in [4.78, 5) is 12.2. The van der Waals surface area contributed by atoms with Crippen LogP contribution in [0.15, 0.2) is 6.20 Å². The minimum Gasteiger partial charge on any atom is -0.325 e. The molecule has 5 nitrogen and oxygen atoms in total. The molecule has 0 spiro atoms. The molecule has 0 radical (unpaired) electrons. The molecule has 0 bridgehead atoms. The van der Waals surface area contributed by atoms with Crippen LogP contribution in [0.25, 0.3) is 0 Å². The van der Waals surface area contributed by atoms with Crippen molar-refractivity contribution in [1.82, 2.24) is 15.0 Å². The van der Waals surface area contributed by atoms with Gasteiger partial charge in [0.1, 0.15) is 6.04 Å². The molecular weight excluding hydrogens is 240 g/mol. The highest BCUT2D eigenvalue weighted by Gasteiger charge is 2.25. The largest absolute Gasteiger partial charge is 0.325 e. The Labute approximate surface area is 118 Å². The van der Waals surface area contributed by atoms with Gasteiger partial charge in [0.25, 0.3) is 0 Å². The molecule has 0 saturated heterocycles. The molecule has 0 aliphatic rings. The van der Waals surface area contributed by atoms with Gasteiger partial charge in [0, 0.05) is 13.9 Å². The van der Waals surface area contributed by atoms with E-state index in [4.69, 9.17) is 5.73 Å². The van der Waals surface area contributed by atoms with E-state index in [0.717, 1.165) is 12.1 Å². The third-order valence-electron chi connectivity index (χ3n) is 2.68. The SMILES string of the molecule is CC.CC(C)C[C@@H](C(=O)C(C)C)n1cc(CN)nn1.[HH]. The number of carbonyl (C=O) groups is 1. The van der Waals surface area contributed by atoms with Gasteiger partial charge in [0.15, 0.2) is 5.78 Å². The molecule has 1 rings (SSSR count). The summed E-state index contributed by atoms with van der Waals surface area (Å²) in [5.74, 6) is 0.643. The van der Waals surface area contributed by atoms with Gasteiger partial charge in [-0.25, -0.2) is 4.68 Å². The summed E-state index contributed by atoms with van der Waals surface area (Å²) < 4.78 is 1.66. The van der Waals surface area contributed by atoms with Crippen LogP contribution in [-0.4, -0.2) is 20.8 Å². The van der Waals surface area contributed by atoms with Gasteiger partial charge in [-0.15, -0.1) is 5.10 Å². The van der Waals surface area contributed by atoms with Crippen LogP contribution in [0.1, 0.15) is 61.1 Å². The number of rotatable bonds is 6. The highest BCUT2D eigenvalue weighted by atomic mass is 16.1. The Hall–Kier alpha value is -1.23. The van der Waals surface area contributed by atoms with Crippen molar-refractivity contribution in [1.29, 1.82) is 0 Å². The molecule has 0 amide bonds. The summed E-state index contributed by atoms with van der Waals surface area (Å²) in [5.41, 5.74) is 6.22. The molecule has 0 saturated carbocycles. The first-order valence-corrected chi connectivity index (χ1v) is 7.10. The minimum absolute atomic E-state index is 0. The molecule has 19 heavy (non-hydrogen) atoms. The highest BCUT2D eigenvalue weighted by Crippen LogP contribution is 2.21. The first-order chi connectivity index (χ1) is 8.95. The molecule has 1 aromatic rings. The predicted octanol–water partition coefficient (Wildman–Crippen LogP) is 2.82. The Morgan fingerprint density at radius 3 is 2.32 bits per heavy atom. The standard InChI is InChI=1S/C12H22N4O.C2H6.H2/c1-8(2)5-11(12(17)9(3)4)16-7-10(6-13)14-15-16;1-2;/h7-9,11H,5-6,13H2,1-4H3;1-2H3;1H/t11-;;/m0../s1. The maximum absolute atomic E-state index is 12.2. The van der Waals surface area contributed by atoms with E-state index >= 15 is 0 Å². The molecule has 1 aromatic heterocycles. The molecule has 112 valence electrons. The van der Waals surface area contributed by atoms with Gasteiger partial charge >= 0.3 is 0 Å². The Balaban J connectivity index is 0. The van der Waals surface area contributed by atoms with Crippen molar-refractivity contribution >= 4 is 5.78 Å². The van der Waals surface area contributed by atoms with Crippen LogP contribution in [0.5, 0.6) is 0 Å².